The summed E-state index contributed by atoms with van der Waals surface area (Å²) in [6.45, 7) is 0.300. The van der Waals surface area contributed by atoms with Gasteiger partial charge in [-0.3, -0.25) is 9.78 Å². The van der Waals surface area contributed by atoms with E-state index in [0.29, 0.717) is 35.5 Å². The Morgan fingerprint density at radius 1 is 1.12 bits per heavy atom. The number of rotatable bonds is 7. The molecule has 2 aromatic heterocycles. The van der Waals surface area contributed by atoms with Gasteiger partial charge in [0.2, 0.25) is 11.8 Å². The van der Waals surface area contributed by atoms with Gasteiger partial charge in [0.05, 0.1) is 0 Å². The highest BCUT2D eigenvalue weighted by Gasteiger charge is 2.09. The topological polar surface area (TPSA) is 90.1 Å². The van der Waals surface area contributed by atoms with E-state index in [1.165, 1.54) is 0 Å². The van der Waals surface area contributed by atoms with Gasteiger partial charge in [-0.15, -0.1) is 10.2 Å². The van der Waals surface area contributed by atoms with Gasteiger partial charge in [0.25, 0.3) is 5.91 Å². The Bertz CT molecular complexity index is 821. The van der Waals surface area contributed by atoms with Gasteiger partial charge < -0.3 is 14.5 Å². The molecule has 1 N–H and O–H groups in total. The molecular formula is C17H15ClN4O3. The number of amides is 1. The highest BCUT2D eigenvalue weighted by Crippen LogP contribution is 2.16. The second-order valence-electron chi connectivity index (χ2n) is 5.08. The van der Waals surface area contributed by atoms with E-state index in [-0.39, 0.29) is 12.5 Å². The van der Waals surface area contributed by atoms with Crippen molar-refractivity contribution in [2.75, 3.05) is 13.2 Å². The van der Waals surface area contributed by atoms with Crippen LogP contribution in [0.3, 0.4) is 0 Å². The molecule has 8 heteroatoms. The van der Waals surface area contributed by atoms with Crippen molar-refractivity contribution in [3.05, 3.63) is 59.7 Å². The zero-order chi connectivity index (χ0) is 17.5. The van der Waals surface area contributed by atoms with Crippen molar-refractivity contribution in [3.63, 3.8) is 0 Å². The molecule has 1 aromatic carbocycles. The fourth-order valence-electron chi connectivity index (χ4n) is 2.01. The largest absolute Gasteiger partial charge is 0.484 e. The number of ether oxygens (including phenoxy) is 1. The monoisotopic (exact) mass is 358 g/mol. The lowest BCUT2D eigenvalue weighted by Gasteiger charge is -2.06. The van der Waals surface area contributed by atoms with Gasteiger partial charge >= 0.3 is 0 Å². The smallest absolute Gasteiger partial charge is 0.257 e. The van der Waals surface area contributed by atoms with Crippen LogP contribution in [0.4, 0.5) is 0 Å². The zero-order valence-corrected chi connectivity index (χ0v) is 13.9. The van der Waals surface area contributed by atoms with Crippen LogP contribution in [-0.4, -0.2) is 34.2 Å². The summed E-state index contributed by atoms with van der Waals surface area (Å²) in [4.78, 5) is 15.7. The number of pyridine rings is 1. The van der Waals surface area contributed by atoms with E-state index in [9.17, 15) is 4.79 Å². The van der Waals surface area contributed by atoms with Crippen LogP contribution < -0.4 is 10.1 Å². The van der Waals surface area contributed by atoms with Gasteiger partial charge in [0.15, 0.2) is 6.61 Å². The third-order valence-electron chi connectivity index (χ3n) is 3.24. The van der Waals surface area contributed by atoms with Crippen molar-refractivity contribution >= 4 is 17.5 Å². The molecule has 2 heterocycles. The maximum atomic E-state index is 11.8. The number of halogens is 1. The molecule has 0 aliphatic rings. The minimum Gasteiger partial charge on any atom is -0.484 e. The summed E-state index contributed by atoms with van der Waals surface area (Å²) in [7, 11) is 0. The van der Waals surface area contributed by atoms with E-state index in [0.717, 1.165) is 5.56 Å². The molecule has 3 aromatic rings. The lowest BCUT2D eigenvalue weighted by molar-refractivity contribution is -0.123. The van der Waals surface area contributed by atoms with Gasteiger partial charge in [0.1, 0.15) is 5.75 Å². The van der Waals surface area contributed by atoms with Crippen LogP contribution in [0.15, 0.2) is 53.2 Å². The number of aromatic nitrogens is 3. The first-order valence-corrected chi connectivity index (χ1v) is 7.96. The SMILES string of the molecule is O=C(COc1ccc(Cl)cc1)NCCc1nnc(-c2ccncc2)o1. The summed E-state index contributed by atoms with van der Waals surface area (Å²) in [5.74, 6) is 1.22. The van der Waals surface area contributed by atoms with Crippen LogP contribution in [0, 0.1) is 0 Å². The van der Waals surface area contributed by atoms with Crippen LogP contribution in [0.2, 0.25) is 5.02 Å². The molecule has 0 aliphatic heterocycles. The summed E-state index contributed by atoms with van der Waals surface area (Å²) in [5, 5.41) is 11.3. The fourth-order valence-corrected chi connectivity index (χ4v) is 2.13. The Morgan fingerprint density at radius 3 is 2.64 bits per heavy atom. The van der Waals surface area contributed by atoms with E-state index in [1.807, 2.05) is 0 Å². The molecule has 0 bridgehead atoms. The van der Waals surface area contributed by atoms with E-state index < -0.39 is 0 Å². The van der Waals surface area contributed by atoms with Crippen molar-refractivity contribution in [3.8, 4) is 17.2 Å². The summed E-state index contributed by atoms with van der Waals surface area (Å²) in [6, 6.07) is 10.4. The van der Waals surface area contributed by atoms with Crippen LogP contribution in [0.1, 0.15) is 5.89 Å². The standard InChI is InChI=1S/C17H15ClN4O3/c18-13-1-3-14(4-2-13)24-11-15(23)20-10-7-16-21-22-17(25-16)12-5-8-19-9-6-12/h1-6,8-9H,7,10-11H2,(H,20,23). The van der Waals surface area contributed by atoms with E-state index in [2.05, 4.69) is 20.5 Å². The summed E-state index contributed by atoms with van der Waals surface area (Å²) in [6.07, 6.45) is 3.74. The third-order valence-corrected chi connectivity index (χ3v) is 3.49. The van der Waals surface area contributed by atoms with Crippen LogP contribution >= 0.6 is 11.6 Å². The van der Waals surface area contributed by atoms with Crippen molar-refractivity contribution in [2.45, 2.75) is 6.42 Å². The molecule has 0 fully saturated rings. The van der Waals surface area contributed by atoms with Crippen LogP contribution in [0.25, 0.3) is 11.5 Å². The minimum atomic E-state index is -0.233. The molecule has 128 valence electrons. The maximum Gasteiger partial charge on any atom is 0.257 e. The number of carbonyl (C=O) groups excluding carboxylic acids is 1. The van der Waals surface area contributed by atoms with Crippen molar-refractivity contribution in [1.82, 2.24) is 20.5 Å². The zero-order valence-electron chi connectivity index (χ0n) is 13.2. The molecule has 1 amide bonds. The molecule has 0 spiro atoms. The molecular weight excluding hydrogens is 344 g/mol. The van der Waals surface area contributed by atoms with E-state index in [1.54, 1.807) is 48.8 Å². The molecule has 0 atom stereocenters. The van der Waals surface area contributed by atoms with Crippen molar-refractivity contribution in [1.29, 1.82) is 0 Å². The van der Waals surface area contributed by atoms with Crippen LogP contribution in [-0.2, 0) is 11.2 Å². The number of carbonyl (C=O) groups is 1. The lowest BCUT2D eigenvalue weighted by Crippen LogP contribution is -2.30. The first kappa shape index (κ1) is 16.9. The number of benzene rings is 1. The number of nitrogens with one attached hydrogen (secondary N) is 1. The summed E-state index contributed by atoms with van der Waals surface area (Å²) >= 11 is 5.78. The van der Waals surface area contributed by atoms with Gasteiger partial charge in [-0.05, 0) is 36.4 Å². The van der Waals surface area contributed by atoms with Crippen molar-refractivity contribution < 1.29 is 13.9 Å². The molecule has 0 saturated heterocycles. The average Bonchev–Trinajstić information content (AvgIpc) is 3.11. The molecule has 25 heavy (non-hydrogen) atoms. The molecule has 0 aliphatic carbocycles. The van der Waals surface area contributed by atoms with Gasteiger partial charge in [-0.2, -0.15) is 0 Å². The third kappa shape index (κ3) is 5.02. The Hall–Kier alpha value is -2.93. The second-order valence-corrected chi connectivity index (χ2v) is 5.52. The fraction of sp³-hybridized carbons (Fsp3) is 0.176. The predicted octanol–water partition coefficient (Wildman–Crippen LogP) is 2.52. The van der Waals surface area contributed by atoms with E-state index >= 15 is 0 Å². The molecule has 7 nitrogen and oxygen atoms in total. The highest BCUT2D eigenvalue weighted by molar-refractivity contribution is 6.30. The Labute approximate surface area is 149 Å². The van der Waals surface area contributed by atoms with Gasteiger partial charge in [0, 0.05) is 35.9 Å². The highest BCUT2D eigenvalue weighted by atomic mass is 35.5. The summed E-state index contributed by atoms with van der Waals surface area (Å²) < 4.78 is 10.9. The number of hydrogen-bond acceptors (Lipinski definition) is 6. The molecule has 0 radical (unpaired) electrons. The molecule has 0 saturated carbocycles. The van der Waals surface area contributed by atoms with E-state index in [4.69, 9.17) is 20.8 Å². The Kier molecular flexibility index (Phi) is 5.58. The number of hydrogen-bond donors (Lipinski definition) is 1. The summed E-state index contributed by atoms with van der Waals surface area (Å²) in [5.41, 5.74) is 0.800. The minimum absolute atomic E-state index is 0.0757. The van der Waals surface area contributed by atoms with Gasteiger partial charge in [-0.1, -0.05) is 11.6 Å². The quantitative estimate of drug-likeness (QED) is 0.698. The van der Waals surface area contributed by atoms with Crippen molar-refractivity contribution in [2.24, 2.45) is 0 Å². The first-order valence-electron chi connectivity index (χ1n) is 7.58. The molecule has 0 unspecified atom stereocenters. The average molecular weight is 359 g/mol. The van der Waals surface area contributed by atoms with Gasteiger partial charge in [-0.25, -0.2) is 0 Å². The van der Waals surface area contributed by atoms with Crippen LogP contribution in [0.5, 0.6) is 5.75 Å². The second kappa shape index (κ2) is 8.25. The predicted molar refractivity (Wildman–Crippen MR) is 91.2 cm³/mol. The normalized spacial score (nSPS) is 10.4. The lowest BCUT2D eigenvalue weighted by atomic mass is 10.3. The first-order chi connectivity index (χ1) is 12.2. The Balaban J connectivity index is 1.41. The molecule has 3 rings (SSSR count). The Morgan fingerprint density at radius 2 is 1.88 bits per heavy atom. The number of nitrogens with zero attached hydrogens (tertiary/aromatic N) is 3. The maximum absolute atomic E-state index is 11.8.